The minimum atomic E-state index is 0.241. The molecule has 0 saturated carbocycles. The summed E-state index contributed by atoms with van der Waals surface area (Å²) in [5, 5.41) is 0. The van der Waals surface area contributed by atoms with Gasteiger partial charge in [0.15, 0.2) is 0 Å². The van der Waals surface area contributed by atoms with Crippen molar-refractivity contribution in [1.82, 2.24) is 4.98 Å². The highest BCUT2D eigenvalue weighted by atomic mass is 32.2. The molecule has 3 aromatic rings. The smallest absolute Gasteiger partial charge is 0.141 e. The lowest BCUT2D eigenvalue weighted by atomic mass is 10.00. The van der Waals surface area contributed by atoms with E-state index in [0.29, 0.717) is 12.8 Å². The van der Waals surface area contributed by atoms with E-state index in [1.54, 1.807) is 11.8 Å². The van der Waals surface area contributed by atoms with Crippen LogP contribution < -0.4 is 0 Å². The van der Waals surface area contributed by atoms with Crippen molar-refractivity contribution in [3.63, 3.8) is 0 Å². The number of carbonyl (C=O) groups excluding carboxylic acids is 1. The van der Waals surface area contributed by atoms with E-state index in [4.69, 9.17) is 0 Å². The predicted molar refractivity (Wildman–Crippen MR) is 105 cm³/mol. The molecule has 25 heavy (non-hydrogen) atoms. The molecule has 0 aliphatic heterocycles. The van der Waals surface area contributed by atoms with Crippen molar-refractivity contribution < 1.29 is 4.79 Å². The lowest BCUT2D eigenvalue weighted by Crippen LogP contribution is -2.06. The van der Waals surface area contributed by atoms with Crippen molar-refractivity contribution in [2.45, 2.75) is 24.7 Å². The third-order valence-corrected chi connectivity index (χ3v) is 4.85. The Morgan fingerprint density at radius 1 is 0.920 bits per heavy atom. The molecular weight excluding hydrogens is 326 g/mol. The first kappa shape index (κ1) is 17.4. The van der Waals surface area contributed by atoms with Crippen LogP contribution in [0.3, 0.4) is 0 Å². The highest BCUT2D eigenvalue weighted by Gasteiger charge is 2.07. The molecule has 126 valence electrons. The molecule has 2 nitrogen and oxygen atoms in total. The third kappa shape index (κ3) is 4.80. The zero-order chi connectivity index (χ0) is 17.6. The number of carbonyl (C=O) groups is 1. The Morgan fingerprint density at radius 3 is 2.40 bits per heavy atom. The monoisotopic (exact) mass is 347 g/mol. The van der Waals surface area contributed by atoms with Gasteiger partial charge in [-0.1, -0.05) is 36.4 Å². The number of aryl methyl sites for hydroxylation is 1. The second-order valence-electron chi connectivity index (χ2n) is 6.13. The molecule has 1 aromatic heterocycles. The predicted octanol–water partition coefficient (Wildman–Crippen LogP) is 5.13. The first-order valence-electron chi connectivity index (χ1n) is 8.30. The van der Waals surface area contributed by atoms with Crippen LogP contribution in [0, 0.1) is 6.92 Å². The maximum atomic E-state index is 12.4. The van der Waals surface area contributed by atoms with Gasteiger partial charge in [0.2, 0.25) is 0 Å². The number of hydrogen-bond donors (Lipinski definition) is 0. The Kier molecular flexibility index (Phi) is 5.67. The van der Waals surface area contributed by atoms with Crippen LogP contribution in [0.4, 0.5) is 0 Å². The van der Waals surface area contributed by atoms with Crippen LogP contribution >= 0.6 is 11.8 Å². The van der Waals surface area contributed by atoms with Crippen LogP contribution in [-0.4, -0.2) is 17.0 Å². The summed E-state index contributed by atoms with van der Waals surface area (Å²) in [6.45, 7) is 1.99. The van der Waals surface area contributed by atoms with Crippen LogP contribution in [0.25, 0.3) is 11.1 Å². The van der Waals surface area contributed by atoms with Gasteiger partial charge in [-0.3, -0.25) is 9.78 Å². The Hall–Kier alpha value is -2.39. The topological polar surface area (TPSA) is 30.0 Å². The fourth-order valence-corrected chi connectivity index (χ4v) is 3.32. The average molecular weight is 347 g/mol. The van der Waals surface area contributed by atoms with Crippen molar-refractivity contribution in [3.05, 3.63) is 83.7 Å². The summed E-state index contributed by atoms with van der Waals surface area (Å²) < 4.78 is 0. The van der Waals surface area contributed by atoms with Crippen LogP contribution in [0.5, 0.6) is 0 Å². The third-order valence-electron chi connectivity index (χ3n) is 4.12. The molecule has 3 rings (SSSR count). The van der Waals surface area contributed by atoms with Crippen molar-refractivity contribution in [3.8, 4) is 11.1 Å². The SMILES string of the molecule is CSc1cccc(CC(=O)Cc2ccc(-c3ccnc(C)c3)cc2)c1. The van der Waals surface area contributed by atoms with E-state index in [0.717, 1.165) is 27.9 Å². The molecule has 0 spiro atoms. The second kappa shape index (κ2) is 8.13. The minimum Gasteiger partial charge on any atom is -0.299 e. The maximum absolute atomic E-state index is 12.4. The molecule has 0 saturated heterocycles. The first-order valence-corrected chi connectivity index (χ1v) is 9.53. The van der Waals surface area contributed by atoms with Crippen molar-refractivity contribution >= 4 is 17.5 Å². The number of ketones is 1. The Morgan fingerprint density at radius 2 is 1.68 bits per heavy atom. The van der Waals surface area contributed by atoms with E-state index in [-0.39, 0.29) is 5.78 Å². The number of Topliss-reactive ketones (excluding diaryl/α,β-unsaturated/α-hetero) is 1. The number of hydrogen-bond acceptors (Lipinski definition) is 3. The van der Waals surface area contributed by atoms with E-state index in [9.17, 15) is 4.79 Å². The largest absolute Gasteiger partial charge is 0.299 e. The Balaban J connectivity index is 1.65. The second-order valence-corrected chi connectivity index (χ2v) is 7.01. The number of nitrogens with zero attached hydrogens (tertiary/aromatic N) is 1. The molecule has 0 unspecified atom stereocenters. The van der Waals surface area contributed by atoms with Gasteiger partial charge in [0.25, 0.3) is 0 Å². The van der Waals surface area contributed by atoms with Crippen LogP contribution in [0.1, 0.15) is 16.8 Å². The number of rotatable bonds is 6. The average Bonchev–Trinajstić information content (AvgIpc) is 2.62. The highest BCUT2D eigenvalue weighted by Crippen LogP contribution is 2.21. The molecular formula is C22H21NOS. The summed E-state index contributed by atoms with van der Waals surface area (Å²) in [4.78, 5) is 17.8. The summed E-state index contributed by atoms with van der Waals surface area (Å²) in [6.07, 6.45) is 4.83. The molecule has 0 N–H and O–H groups in total. The molecule has 0 radical (unpaired) electrons. The quantitative estimate of drug-likeness (QED) is 0.579. The van der Waals surface area contributed by atoms with Gasteiger partial charge in [0, 0.05) is 29.6 Å². The van der Waals surface area contributed by atoms with Gasteiger partial charge in [-0.25, -0.2) is 0 Å². The molecule has 0 amide bonds. The Bertz CT molecular complexity index is 871. The maximum Gasteiger partial charge on any atom is 0.141 e. The van der Waals surface area contributed by atoms with E-state index in [1.165, 1.54) is 4.90 Å². The van der Waals surface area contributed by atoms with Crippen LogP contribution in [-0.2, 0) is 17.6 Å². The standard InChI is InChI=1S/C22H21NOS/c1-16-12-20(10-11-23-16)19-8-6-17(7-9-19)13-21(24)14-18-4-3-5-22(15-18)25-2/h3-12,15H,13-14H2,1-2H3. The van der Waals surface area contributed by atoms with Crippen LogP contribution in [0.15, 0.2) is 71.8 Å². The highest BCUT2D eigenvalue weighted by molar-refractivity contribution is 7.98. The van der Waals surface area contributed by atoms with Gasteiger partial charge in [-0.15, -0.1) is 11.8 Å². The van der Waals surface area contributed by atoms with E-state index in [1.807, 2.05) is 49.7 Å². The summed E-state index contributed by atoms with van der Waals surface area (Å²) in [5.41, 5.74) is 5.44. The van der Waals surface area contributed by atoms with Crippen LogP contribution in [0.2, 0.25) is 0 Å². The van der Waals surface area contributed by atoms with Gasteiger partial charge in [0.1, 0.15) is 5.78 Å². The van der Waals surface area contributed by atoms with Crippen molar-refractivity contribution in [2.24, 2.45) is 0 Å². The molecule has 0 aliphatic rings. The fourth-order valence-electron chi connectivity index (χ4n) is 2.84. The lowest BCUT2D eigenvalue weighted by Gasteiger charge is -2.06. The van der Waals surface area contributed by atoms with Crippen molar-refractivity contribution in [2.75, 3.05) is 6.26 Å². The van der Waals surface area contributed by atoms with Gasteiger partial charge in [0.05, 0.1) is 0 Å². The van der Waals surface area contributed by atoms with E-state index < -0.39 is 0 Å². The summed E-state index contributed by atoms with van der Waals surface area (Å²) in [6, 6.07) is 20.5. The number of thioether (sulfide) groups is 1. The number of aromatic nitrogens is 1. The molecule has 0 bridgehead atoms. The van der Waals surface area contributed by atoms with E-state index >= 15 is 0 Å². The molecule has 2 aromatic carbocycles. The fraction of sp³-hybridized carbons (Fsp3) is 0.182. The number of pyridine rings is 1. The van der Waals surface area contributed by atoms with Gasteiger partial charge >= 0.3 is 0 Å². The molecule has 0 fully saturated rings. The molecule has 1 heterocycles. The lowest BCUT2D eigenvalue weighted by molar-refractivity contribution is -0.117. The normalized spacial score (nSPS) is 10.6. The summed E-state index contributed by atoms with van der Waals surface area (Å²) in [5.74, 6) is 0.241. The summed E-state index contributed by atoms with van der Waals surface area (Å²) in [7, 11) is 0. The molecule has 0 aliphatic carbocycles. The van der Waals surface area contributed by atoms with Gasteiger partial charge in [-0.2, -0.15) is 0 Å². The van der Waals surface area contributed by atoms with E-state index in [2.05, 4.69) is 35.3 Å². The number of benzene rings is 2. The zero-order valence-electron chi connectivity index (χ0n) is 14.5. The summed E-state index contributed by atoms with van der Waals surface area (Å²) >= 11 is 1.70. The van der Waals surface area contributed by atoms with Gasteiger partial charge < -0.3 is 0 Å². The molecule has 0 atom stereocenters. The van der Waals surface area contributed by atoms with Crippen molar-refractivity contribution in [1.29, 1.82) is 0 Å². The Labute approximate surface area is 153 Å². The van der Waals surface area contributed by atoms with Gasteiger partial charge in [-0.05, 0) is 59.7 Å². The first-order chi connectivity index (χ1) is 12.1. The molecule has 3 heteroatoms. The minimum absolute atomic E-state index is 0.241. The zero-order valence-corrected chi connectivity index (χ0v) is 15.3.